The Labute approximate surface area is 166 Å². The maximum absolute atomic E-state index is 12.8. The second-order valence-electron chi connectivity index (χ2n) is 7.70. The minimum atomic E-state index is -0.938. The highest BCUT2D eigenvalue weighted by atomic mass is 16.6. The van der Waals surface area contributed by atoms with Gasteiger partial charge >= 0.3 is 6.09 Å². The van der Waals surface area contributed by atoms with Crippen LogP contribution in [0, 0.1) is 0 Å². The van der Waals surface area contributed by atoms with Gasteiger partial charge in [0.25, 0.3) is 0 Å². The van der Waals surface area contributed by atoms with Crippen molar-refractivity contribution < 1.29 is 24.2 Å². The van der Waals surface area contributed by atoms with E-state index in [9.17, 15) is 19.5 Å². The molecule has 1 rings (SSSR count). The van der Waals surface area contributed by atoms with E-state index < -0.39 is 23.6 Å². The Kier molecular flexibility index (Phi) is 8.28. The lowest BCUT2D eigenvalue weighted by atomic mass is 10.0. The van der Waals surface area contributed by atoms with Crippen LogP contribution in [-0.4, -0.2) is 52.6 Å². The molecular weight excluding hydrogens is 362 g/mol. The van der Waals surface area contributed by atoms with E-state index in [-0.39, 0.29) is 30.8 Å². The van der Waals surface area contributed by atoms with E-state index in [1.165, 1.54) is 17.0 Å². The minimum Gasteiger partial charge on any atom is -0.508 e. The number of nitrogens with one attached hydrogen (secondary N) is 2. The van der Waals surface area contributed by atoms with Crippen molar-refractivity contribution in [1.29, 1.82) is 0 Å². The van der Waals surface area contributed by atoms with Gasteiger partial charge in [-0.1, -0.05) is 12.1 Å². The van der Waals surface area contributed by atoms with Crippen LogP contribution in [0.3, 0.4) is 0 Å². The molecule has 0 fully saturated rings. The number of carbonyl (C=O) groups is 3. The summed E-state index contributed by atoms with van der Waals surface area (Å²) in [5, 5.41) is 15.0. The summed E-state index contributed by atoms with van der Waals surface area (Å²) in [6, 6.07) is 5.15. The van der Waals surface area contributed by atoms with E-state index in [0.29, 0.717) is 5.56 Å². The molecule has 1 aromatic rings. The van der Waals surface area contributed by atoms with Crippen LogP contribution in [-0.2, 0) is 14.3 Å². The SMILES string of the molecule is CCN(C(=O)CNC(=O)OC(C)(C)C)C(C(=O)NC(C)C)c1cccc(O)c1. The minimum absolute atomic E-state index is 0.00442. The van der Waals surface area contributed by atoms with Crippen molar-refractivity contribution in [3.8, 4) is 5.75 Å². The number of hydrogen-bond acceptors (Lipinski definition) is 5. The molecule has 1 unspecified atom stereocenters. The summed E-state index contributed by atoms with van der Waals surface area (Å²) in [4.78, 5) is 38.7. The zero-order valence-electron chi connectivity index (χ0n) is 17.4. The second-order valence-corrected chi connectivity index (χ2v) is 7.70. The Bertz CT molecular complexity index is 697. The van der Waals surface area contributed by atoms with E-state index >= 15 is 0 Å². The van der Waals surface area contributed by atoms with E-state index in [1.807, 2.05) is 13.8 Å². The van der Waals surface area contributed by atoms with Crippen molar-refractivity contribution in [3.63, 3.8) is 0 Å². The van der Waals surface area contributed by atoms with Gasteiger partial charge in [0, 0.05) is 12.6 Å². The average molecular weight is 393 g/mol. The van der Waals surface area contributed by atoms with Crippen molar-refractivity contribution in [2.24, 2.45) is 0 Å². The molecule has 0 heterocycles. The van der Waals surface area contributed by atoms with Gasteiger partial charge in [-0.05, 0) is 59.2 Å². The predicted molar refractivity (Wildman–Crippen MR) is 106 cm³/mol. The molecule has 0 aliphatic carbocycles. The van der Waals surface area contributed by atoms with Crippen LogP contribution in [0.1, 0.15) is 53.1 Å². The van der Waals surface area contributed by atoms with Gasteiger partial charge in [-0.3, -0.25) is 9.59 Å². The van der Waals surface area contributed by atoms with Crippen molar-refractivity contribution in [2.45, 2.75) is 59.2 Å². The Morgan fingerprint density at radius 1 is 1.21 bits per heavy atom. The third kappa shape index (κ3) is 7.46. The first-order valence-electron chi connectivity index (χ1n) is 9.30. The maximum atomic E-state index is 12.8. The quantitative estimate of drug-likeness (QED) is 0.659. The van der Waals surface area contributed by atoms with Gasteiger partial charge in [0.1, 0.15) is 23.9 Å². The number of amides is 3. The summed E-state index contributed by atoms with van der Waals surface area (Å²) in [7, 11) is 0. The van der Waals surface area contributed by atoms with Crippen LogP contribution in [0.5, 0.6) is 5.75 Å². The van der Waals surface area contributed by atoms with Crippen LogP contribution in [0.4, 0.5) is 4.79 Å². The summed E-state index contributed by atoms with van der Waals surface area (Å²) < 4.78 is 5.13. The summed E-state index contributed by atoms with van der Waals surface area (Å²) in [6.45, 7) is 10.5. The number of benzene rings is 1. The molecule has 3 amide bonds. The summed E-state index contributed by atoms with van der Waals surface area (Å²) >= 11 is 0. The molecule has 1 atom stereocenters. The third-order valence-corrected chi connectivity index (χ3v) is 3.62. The fourth-order valence-electron chi connectivity index (χ4n) is 2.60. The van der Waals surface area contributed by atoms with Gasteiger partial charge in [0.05, 0.1) is 0 Å². The number of ether oxygens (including phenoxy) is 1. The molecule has 8 heteroatoms. The Hall–Kier alpha value is -2.77. The molecule has 156 valence electrons. The summed E-state index contributed by atoms with van der Waals surface area (Å²) in [5.74, 6) is -0.816. The van der Waals surface area contributed by atoms with Crippen LogP contribution in [0.25, 0.3) is 0 Å². The number of aromatic hydroxyl groups is 1. The van der Waals surface area contributed by atoms with Gasteiger partial charge in [0.2, 0.25) is 11.8 Å². The number of phenols is 1. The molecule has 3 N–H and O–H groups in total. The molecule has 0 spiro atoms. The smallest absolute Gasteiger partial charge is 0.408 e. The zero-order chi connectivity index (χ0) is 21.5. The van der Waals surface area contributed by atoms with Crippen molar-refractivity contribution in [2.75, 3.05) is 13.1 Å². The van der Waals surface area contributed by atoms with Crippen molar-refractivity contribution in [3.05, 3.63) is 29.8 Å². The number of rotatable bonds is 7. The van der Waals surface area contributed by atoms with Crippen molar-refractivity contribution in [1.82, 2.24) is 15.5 Å². The molecule has 0 aromatic heterocycles. The average Bonchev–Trinajstić information content (AvgIpc) is 2.55. The van der Waals surface area contributed by atoms with Crippen LogP contribution >= 0.6 is 0 Å². The topological polar surface area (TPSA) is 108 Å². The number of alkyl carbamates (subject to hydrolysis) is 1. The van der Waals surface area contributed by atoms with Crippen LogP contribution < -0.4 is 10.6 Å². The predicted octanol–water partition coefficient (Wildman–Crippen LogP) is 2.33. The largest absolute Gasteiger partial charge is 0.508 e. The van der Waals surface area contributed by atoms with E-state index in [1.54, 1.807) is 39.8 Å². The van der Waals surface area contributed by atoms with Gasteiger partial charge in [-0.25, -0.2) is 4.79 Å². The normalized spacial score (nSPS) is 12.2. The van der Waals surface area contributed by atoms with Gasteiger partial charge in [-0.15, -0.1) is 0 Å². The molecular formula is C20H31N3O5. The number of phenolic OH excluding ortho intramolecular Hbond substituents is 1. The van der Waals surface area contributed by atoms with E-state index in [0.717, 1.165) is 0 Å². The third-order valence-electron chi connectivity index (χ3n) is 3.62. The Morgan fingerprint density at radius 2 is 1.86 bits per heavy atom. The Morgan fingerprint density at radius 3 is 2.36 bits per heavy atom. The highest BCUT2D eigenvalue weighted by Crippen LogP contribution is 2.24. The highest BCUT2D eigenvalue weighted by molar-refractivity contribution is 5.90. The highest BCUT2D eigenvalue weighted by Gasteiger charge is 2.31. The first kappa shape index (κ1) is 23.3. The zero-order valence-corrected chi connectivity index (χ0v) is 17.4. The van der Waals surface area contributed by atoms with Crippen LogP contribution in [0.2, 0.25) is 0 Å². The molecule has 0 saturated carbocycles. The molecule has 0 bridgehead atoms. The fraction of sp³-hybridized carbons (Fsp3) is 0.550. The van der Waals surface area contributed by atoms with Gasteiger partial charge in [-0.2, -0.15) is 0 Å². The monoisotopic (exact) mass is 393 g/mol. The molecule has 1 aromatic carbocycles. The molecule has 8 nitrogen and oxygen atoms in total. The van der Waals surface area contributed by atoms with E-state index in [2.05, 4.69) is 10.6 Å². The lowest BCUT2D eigenvalue weighted by Gasteiger charge is -2.31. The molecule has 0 saturated heterocycles. The first-order chi connectivity index (χ1) is 12.9. The first-order valence-corrected chi connectivity index (χ1v) is 9.30. The maximum Gasteiger partial charge on any atom is 0.408 e. The number of carbonyl (C=O) groups excluding carboxylic acids is 3. The molecule has 0 aliphatic rings. The van der Waals surface area contributed by atoms with E-state index in [4.69, 9.17) is 4.74 Å². The number of hydrogen-bond donors (Lipinski definition) is 3. The number of likely N-dealkylation sites (N-methyl/N-ethyl adjacent to an activating group) is 1. The molecule has 28 heavy (non-hydrogen) atoms. The Balaban J connectivity index is 3.03. The lowest BCUT2D eigenvalue weighted by molar-refractivity contribution is -0.140. The molecule has 0 radical (unpaired) electrons. The summed E-state index contributed by atoms with van der Waals surface area (Å²) in [5.41, 5.74) is -0.204. The van der Waals surface area contributed by atoms with Crippen molar-refractivity contribution >= 4 is 17.9 Å². The fourth-order valence-corrected chi connectivity index (χ4v) is 2.60. The lowest BCUT2D eigenvalue weighted by Crippen LogP contribution is -2.48. The van der Waals surface area contributed by atoms with Gasteiger partial charge < -0.3 is 25.4 Å². The summed E-state index contributed by atoms with van der Waals surface area (Å²) in [6.07, 6.45) is -0.711. The second kappa shape index (κ2) is 9.96. The molecule has 0 aliphatic heterocycles. The van der Waals surface area contributed by atoms with Crippen LogP contribution in [0.15, 0.2) is 24.3 Å². The van der Waals surface area contributed by atoms with Gasteiger partial charge in [0.15, 0.2) is 0 Å². The number of nitrogens with zero attached hydrogens (tertiary/aromatic N) is 1. The standard InChI is InChI=1S/C20H31N3O5/c1-7-23(16(25)12-21-19(27)28-20(4,5)6)17(18(26)22-13(2)3)14-9-8-10-15(24)11-14/h8-11,13,17,24H,7,12H2,1-6H3,(H,21,27)(H,22,26).